The van der Waals surface area contributed by atoms with Gasteiger partial charge in [0.05, 0.1) is 12.1 Å². The molecule has 2 N–H and O–H groups in total. The summed E-state index contributed by atoms with van der Waals surface area (Å²) in [5.41, 5.74) is 3.89. The van der Waals surface area contributed by atoms with Crippen LogP contribution in [-0.4, -0.2) is 53.9 Å². The Hall–Kier alpha value is -3.78. The van der Waals surface area contributed by atoms with Gasteiger partial charge in [-0.2, -0.15) is 0 Å². The van der Waals surface area contributed by atoms with Crippen molar-refractivity contribution in [3.05, 3.63) is 77.7 Å². The number of hydrogen-bond acceptors (Lipinski definition) is 6. The molecule has 176 valence electrons. The van der Waals surface area contributed by atoms with Crippen LogP contribution in [0.3, 0.4) is 0 Å². The molecule has 0 fully saturated rings. The first kappa shape index (κ1) is 23.4. The summed E-state index contributed by atoms with van der Waals surface area (Å²) in [6, 6.07) is 13.1. The fraction of sp³-hybridized carbons (Fsp3) is 0.308. The minimum Gasteiger partial charge on any atom is -0.365 e. The maximum Gasteiger partial charge on any atom is 0.259 e. The minimum absolute atomic E-state index is 0.0372. The van der Waals surface area contributed by atoms with Gasteiger partial charge in [0, 0.05) is 48.5 Å². The lowest BCUT2D eigenvalue weighted by molar-refractivity contribution is -0.119. The Morgan fingerprint density at radius 3 is 2.59 bits per heavy atom. The van der Waals surface area contributed by atoms with Crippen LogP contribution in [0.4, 0.5) is 17.2 Å². The summed E-state index contributed by atoms with van der Waals surface area (Å²) >= 11 is 0. The van der Waals surface area contributed by atoms with E-state index in [0.29, 0.717) is 36.7 Å². The van der Waals surface area contributed by atoms with E-state index in [9.17, 15) is 9.59 Å². The fourth-order valence-corrected chi connectivity index (χ4v) is 4.16. The van der Waals surface area contributed by atoms with Crippen LogP contribution in [0.5, 0.6) is 0 Å². The molecule has 2 amide bonds. The summed E-state index contributed by atoms with van der Waals surface area (Å²) in [6.45, 7) is 5.72. The Labute approximate surface area is 200 Å². The van der Waals surface area contributed by atoms with E-state index >= 15 is 0 Å². The lowest BCUT2D eigenvalue weighted by Crippen LogP contribution is -2.39. The molecule has 1 aromatic carbocycles. The molecule has 4 rings (SSSR count). The molecule has 0 spiro atoms. The van der Waals surface area contributed by atoms with E-state index in [4.69, 9.17) is 0 Å². The SMILES string of the molecule is CN(C)CC(=O)N1CC(C)(C)c2ccc(NC(=O)c3cccnc3NCc3ccncc3)cc21. The van der Waals surface area contributed by atoms with Gasteiger partial charge >= 0.3 is 0 Å². The van der Waals surface area contributed by atoms with E-state index in [-0.39, 0.29) is 17.2 Å². The highest BCUT2D eigenvalue weighted by molar-refractivity contribution is 6.08. The highest BCUT2D eigenvalue weighted by Crippen LogP contribution is 2.42. The van der Waals surface area contributed by atoms with Crippen LogP contribution in [0.15, 0.2) is 61.1 Å². The second-order valence-electron chi connectivity index (χ2n) is 9.40. The number of fused-ring (bicyclic) bond motifs is 1. The van der Waals surface area contributed by atoms with Crippen LogP contribution in [0.25, 0.3) is 0 Å². The van der Waals surface area contributed by atoms with E-state index < -0.39 is 0 Å². The quantitative estimate of drug-likeness (QED) is 0.563. The monoisotopic (exact) mass is 458 g/mol. The zero-order valence-corrected chi connectivity index (χ0v) is 20.0. The number of likely N-dealkylation sites (N-methyl/N-ethyl adjacent to an activating group) is 1. The van der Waals surface area contributed by atoms with Crippen molar-refractivity contribution in [2.45, 2.75) is 25.8 Å². The summed E-state index contributed by atoms with van der Waals surface area (Å²) < 4.78 is 0. The zero-order valence-electron chi connectivity index (χ0n) is 20.0. The van der Waals surface area contributed by atoms with Gasteiger partial charge < -0.3 is 20.4 Å². The molecule has 3 aromatic rings. The Morgan fingerprint density at radius 2 is 1.85 bits per heavy atom. The predicted molar refractivity (Wildman–Crippen MR) is 134 cm³/mol. The molecule has 0 bridgehead atoms. The van der Waals surface area contributed by atoms with E-state index in [1.807, 2.05) is 54.2 Å². The summed E-state index contributed by atoms with van der Waals surface area (Å²) in [5, 5.41) is 6.21. The number of carbonyl (C=O) groups is 2. The van der Waals surface area contributed by atoms with Gasteiger partial charge in [-0.15, -0.1) is 0 Å². The number of amides is 2. The van der Waals surface area contributed by atoms with Crippen molar-refractivity contribution < 1.29 is 9.59 Å². The van der Waals surface area contributed by atoms with E-state index in [2.05, 4.69) is 34.4 Å². The van der Waals surface area contributed by atoms with Gasteiger partial charge in [-0.25, -0.2) is 4.98 Å². The standard InChI is InChI=1S/C26H30N6O2/c1-26(2)17-32(23(33)16-31(3)4)22-14-19(7-8-21(22)26)30-25(34)20-6-5-11-28-24(20)29-15-18-9-12-27-13-10-18/h5-14H,15-17H2,1-4H3,(H,28,29)(H,30,34). The van der Waals surface area contributed by atoms with Crippen molar-refractivity contribution in [1.82, 2.24) is 14.9 Å². The van der Waals surface area contributed by atoms with Gasteiger partial charge in [-0.1, -0.05) is 19.9 Å². The number of hydrogen-bond donors (Lipinski definition) is 2. The number of aromatic nitrogens is 2. The highest BCUT2D eigenvalue weighted by atomic mass is 16.2. The van der Waals surface area contributed by atoms with Crippen LogP contribution in [0, 0.1) is 0 Å². The number of carbonyl (C=O) groups excluding carboxylic acids is 2. The van der Waals surface area contributed by atoms with E-state index in [1.54, 1.807) is 30.7 Å². The molecule has 0 unspecified atom stereocenters. The van der Waals surface area contributed by atoms with Crippen LogP contribution < -0.4 is 15.5 Å². The van der Waals surface area contributed by atoms with Gasteiger partial charge in [-0.3, -0.25) is 14.6 Å². The molecule has 0 radical (unpaired) electrons. The third-order valence-electron chi connectivity index (χ3n) is 5.84. The van der Waals surface area contributed by atoms with Crippen LogP contribution in [0.1, 0.15) is 35.3 Å². The number of pyridine rings is 2. The third kappa shape index (κ3) is 5.07. The molecular weight excluding hydrogens is 428 g/mol. The smallest absolute Gasteiger partial charge is 0.259 e. The molecule has 1 aliphatic rings. The first-order valence-corrected chi connectivity index (χ1v) is 11.2. The van der Waals surface area contributed by atoms with Gasteiger partial charge in [0.25, 0.3) is 5.91 Å². The average Bonchev–Trinajstić information content (AvgIpc) is 3.08. The molecule has 2 aromatic heterocycles. The lowest BCUT2D eigenvalue weighted by atomic mass is 9.87. The van der Waals surface area contributed by atoms with Crippen molar-refractivity contribution in [3.8, 4) is 0 Å². The normalized spacial score (nSPS) is 14.1. The van der Waals surface area contributed by atoms with Gasteiger partial charge in [0.1, 0.15) is 5.82 Å². The van der Waals surface area contributed by atoms with Crippen molar-refractivity contribution in [1.29, 1.82) is 0 Å². The topological polar surface area (TPSA) is 90.5 Å². The molecule has 8 heteroatoms. The van der Waals surface area contributed by atoms with Crippen LogP contribution in [-0.2, 0) is 16.8 Å². The largest absolute Gasteiger partial charge is 0.365 e. The van der Waals surface area contributed by atoms with Crippen molar-refractivity contribution in [2.75, 3.05) is 42.7 Å². The minimum atomic E-state index is -0.270. The molecule has 0 saturated carbocycles. The summed E-state index contributed by atoms with van der Waals surface area (Å²) in [7, 11) is 3.76. The second kappa shape index (κ2) is 9.61. The third-order valence-corrected chi connectivity index (χ3v) is 5.84. The van der Waals surface area contributed by atoms with Crippen molar-refractivity contribution in [2.24, 2.45) is 0 Å². The first-order chi connectivity index (χ1) is 16.2. The molecular formula is C26H30N6O2. The maximum atomic E-state index is 13.1. The molecule has 0 atom stereocenters. The van der Waals surface area contributed by atoms with Gasteiger partial charge in [0.2, 0.25) is 5.91 Å². The Balaban J connectivity index is 1.54. The Kier molecular flexibility index (Phi) is 6.61. The molecule has 0 saturated heterocycles. The molecule has 1 aliphatic heterocycles. The number of rotatable bonds is 7. The average molecular weight is 459 g/mol. The Morgan fingerprint density at radius 1 is 1.09 bits per heavy atom. The molecule has 34 heavy (non-hydrogen) atoms. The number of nitrogens with zero attached hydrogens (tertiary/aromatic N) is 4. The number of anilines is 3. The lowest BCUT2D eigenvalue weighted by Gasteiger charge is -2.22. The Bertz CT molecular complexity index is 1190. The van der Waals surface area contributed by atoms with Crippen LogP contribution in [0.2, 0.25) is 0 Å². The maximum absolute atomic E-state index is 13.1. The molecule has 0 aliphatic carbocycles. The molecule has 8 nitrogen and oxygen atoms in total. The van der Waals surface area contributed by atoms with Gasteiger partial charge in [-0.05, 0) is 61.6 Å². The predicted octanol–water partition coefficient (Wildman–Crippen LogP) is 3.53. The summed E-state index contributed by atoms with van der Waals surface area (Å²) in [4.78, 5) is 38.1. The zero-order chi connectivity index (χ0) is 24.3. The highest BCUT2D eigenvalue weighted by Gasteiger charge is 2.38. The van der Waals surface area contributed by atoms with Crippen molar-refractivity contribution in [3.63, 3.8) is 0 Å². The number of benzene rings is 1. The van der Waals surface area contributed by atoms with Crippen molar-refractivity contribution >= 4 is 29.0 Å². The molecule has 3 heterocycles. The summed E-state index contributed by atoms with van der Waals surface area (Å²) in [5.74, 6) is 0.269. The first-order valence-electron chi connectivity index (χ1n) is 11.2. The van der Waals surface area contributed by atoms with Gasteiger partial charge in [0.15, 0.2) is 0 Å². The summed E-state index contributed by atoms with van der Waals surface area (Å²) in [6.07, 6.45) is 5.10. The fourth-order valence-electron chi connectivity index (χ4n) is 4.16. The van der Waals surface area contributed by atoms with Crippen LogP contribution >= 0.6 is 0 Å². The second-order valence-corrected chi connectivity index (χ2v) is 9.40. The number of nitrogens with one attached hydrogen (secondary N) is 2. The van der Waals surface area contributed by atoms with E-state index in [1.165, 1.54) is 0 Å². The van der Waals surface area contributed by atoms with E-state index in [0.717, 1.165) is 16.8 Å².